The van der Waals surface area contributed by atoms with Gasteiger partial charge in [-0.3, -0.25) is 29.5 Å². The summed E-state index contributed by atoms with van der Waals surface area (Å²) >= 11 is 0. The van der Waals surface area contributed by atoms with Crippen molar-refractivity contribution < 1.29 is 29.2 Å². The van der Waals surface area contributed by atoms with E-state index in [1.165, 1.54) is 29.2 Å². The molecular formula is C22H29N7O7. The predicted molar refractivity (Wildman–Crippen MR) is 128 cm³/mol. The van der Waals surface area contributed by atoms with E-state index in [9.17, 15) is 34.4 Å². The largest absolute Gasteiger partial charge is 0.480 e. The molecule has 0 spiro atoms. The van der Waals surface area contributed by atoms with E-state index in [0.29, 0.717) is 37.9 Å². The maximum absolute atomic E-state index is 12.8. The van der Waals surface area contributed by atoms with E-state index < -0.39 is 34.9 Å². The third-order valence-corrected chi connectivity index (χ3v) is 6.03. The van der Waals surface area contributed by atoms with E-state index in [4.69, 9.17) is 5.73 Å². The second-order valence-corrected chi connectivity index (χ2v) is 8.59. The Morgan fingerprint density at radius 3 is 2.61 bits per heavy atom. The third kappa shape index (κ3) is 6.90. The molecule has 0 radical (unpaired) electrons. The Balaban J connectivity index is 1.48. The van der Waals surface area contributed by atoms with Crippen molar-refractivity contribution in [2.45, 2.75) is 56.7 Å². The van der Waals surface area contributed by atoms with Gasteiger partial charge >= 0.3 is 5.97 Å². The number of rotatable bonds is 10. The van der Waals surface area contributed by atoms with Crippen molar-refractivity contribution in [1.82, 2.24) is 15.5 Å². The van der Waals surface area contributed by atoms with Gasteiger partial charge in [0.25, 0.3) is 5.69 Å². The number of nitrogens with one attached hydrogen (secondary N) is 3. The zero-order chi connectivity index (χ0) is 26.2. The molecule has 0 bridgehead atoms. The summed E-state index contributed by atoms with van der Waals surface area (Å²) in [6.07, 6.45) is 2.06. The number of nitrogens with zero attached hydrogens (tertiary/aromatic N) is 3. The van der Waals surface area contributed by atoms with Gasteiger partial charge in [0.1, 0.15) is 18.1 Å². The molecule has 1 aromatic rings. The van der Waals surface area contributed by atoms with Crippen LogP contribution in [0.25, 0.3) is 0 Å². The number of nitro benzene ring substituents is 1. The van der Waals surface area contributed by atoms with Crippen LogP contribution in [0.15, 0.2) is 29.3 Å². The number of aliphatic imine (C=N–C) groups is 1. The average molecular weight is 504 g/mol. The second-order valence-electron chi connectivity index (χ2n) is 8.59. The molecular weight excluding hydrogens is 474 g/mol. The summed E-state index contributed by atoms with van der Waals surface area (Å²) in [6, 6.07) is 3.00. The van der Waals surface area contributed by atoms with Crippen molar-refractivity contribution in [3.63, 3.8) is 0 Å². The third-order valence-electron chi connectivity index (χ3n) is 6.03. The number of anilines is 1. The van der Waals surface area contributed by atoms with E-state index in [1.807, 2.05) is 0 Å². The first-order valence-corrected chi connectivity index (χ1v) is 11.6. The Morgan fingerprint density at radius 2 is 2.00 bits per heavy atom. The van der Waals surface area contributed by atoms with Crippen LogP contribution in [0.5, 0.6) is 0 Å². The van der Waals surface area contributed by atoms with Crippen LogP contribution in [0, 0.1) is 10.1 Å². The van der Waals surface area contributed by atoms with Crippen LogP contribution in [-0.2, 0) is 19.2 Å². The van der Waals surface area contributed by atoms with Crippen LogP contribution in [0.3, 0.4) is 0 Å². The van der Waals surface area contributed by atoms with Gasteiger partial charge in [-0.1, -0.05) is 0 Å². The molecule has 1 aromatic carbocycles. The number of carboxylic acid groups (broad SMARTS) is 1. The van der Waals surface area contributed by atoms with E-state index in [-0.39, 0.29) is 42.8 Å². The highest BCUT2D eigenvalue weighted by Crippen LogP contribution is 2.21. The van der Waals surface area contributed by atoms with Gasteiger partial charge in [-0.15, -0.1) is 0 Å². The molecule has 194 valence electrons. The first kappa shape index (κ1) is 26.4. The van der Waals surface area contributed by atoms with E-state index >= 15 is 0 Å². The summed E-state index contributed by atoms with van der Waals surface area (Å²) in [5.41, 5.74) is 6.25. The lowest BCUT2D eigenvalue weighted by Crippen LogP contribution is -2.54. The molecule has 0 saturated carbocycles. The number of carbonyl (C=O) groups is 4. The molecule has 2 fully saturated rings. The van der Waals surface area contributed by atoms with Crippen molar-refractivity contribution >= 4 is 41.0 Å². The number of non-ortho nitro benzene ring substituents is 1. The molecule has 0 aliphatic carbocycles. The number of amides is 3. The summed E-state index contributed by atoms with van der Waals surface area (Å²) in [6.45, 7) is 0.553. The van der Waals surface area contributed by atoms with Crippen molar-refractivity contribution in [3.8, 4) is 0 Å². The van der Waals surface area contributed by atoms with Gasteiger partial charge in [-0.2, -0.15) is 0 Å². The lowest BCUT2D eigenvalue weighted by atomic mass is 10.1. The number of benzene rings is 1. The number of carbonyl (C=O) groups excluding carboxylic acids is 3. The number of guanidine groups is 1. The summed E-state index contributed by atoms with van der Waals surface area (Å²) in [7, 11) is 0. The number of nitrogens with two attached hydrogens (primary N) is 1. The summed E-state index contributed by atoms with van der Waals surface area (Å²) in [4.78, 5) is 64.4. The molecule has 3 atom stereocenters. The first-order valence-electron chi connectivity index (χ1n) is 11.6. The monoisotopic (exact) mass is 503 g/mol. The fourth-order valence-corrected chi connectivity index (χ4v) is 4.18. The Labute approximate surface area is 206 Å². The number of hydrogen-bond donors (Lipinski definition) is 5. The number of aliphatic carboxylic acids is 1. The Morgan fingerprint density at radius 1 is 1.28 bits per heavy atom. The van der Waals surface area contributed by atoms with Crippen molar-refractivity contribution in [2.75, 3.05) is 18.4 Å². The number of likely N-dealkylation sites (tertiary alicyclic amines) is 1. The van der Waals surface area contributed by atoms with E-state index in [0.717, 1.165) is 0 Å². The molecule has 14 heteroatoms. The molecule has 2 aliphatic rings. The second kappa shape index (κ2) is 12.0. The quantitative estimate of drug-likeness (QED) is 0.0950. The first-order chi connectivity index (χ1) is 17.2. The Kier molecular flexibility index (Phi) is 8.76. The normalized spacial score (nSPS) is 20.5. The van der Waals surface area contributed by atoms with E-state index in [1.54, 1.807) is 0 Å². The summed E-state index contributed by atoms with van der Waals surface area (Å²) in [5.74, 6) is -2.22. The van der Waals surface area contributed by atoms with Gasteiger partial charge in [0.2, 0.25) is 17.7 Å². The molecule has 6 N–H and O–H groups in total. The van der Waals surface area contributed by atoms with Crippen molar-refractivity contribution in [2.24, 2.45) is 10.7 Å². The standard InChI is InChI=1S/C22H29N7O7/c23-22(25-13-5-7-14(8-6-13)29(35)36)24-11-1-3-16(21(33)34)27-19(31)17-4-2-12-28(17)20(32)15-9-10-18(30)26-15/h5-8,15-17H,1-4,9-12H2,(H,26,30)(H,27,31)(H,33,34)(H3,23,24,25)/t15-,16-,17-/m0/s1. The minimum atomic E-state index is -1.21. The van der Waals surface area contributed by atoms with Gasteiger partial charge in [-0.25, -0.2) is 4.79 Å². The van der Waals surface area contributed by atoms with Crippen LogP contribution in [0.4, 0.5) is 11.4 Å². The van der Waals surface area contributed by atoms with Gasteiger partial charge < -0.3 is 31.7 Å². The summed E-state index contributed by atoms with van der Waals surface area (Å²) in [5, 5.41) is 28.1. The van der Waals surface area contributed by atoms with Crippen molar-refractivity contribution in [1.29, 1.82) is 0 Å². The molecule has 0 aromatic heterocycles. The Hall–Kier alpha value is -4.23. The molecule has 0 unspecified atom stereocenters. The van der Waals surface area contributed by atoms with Gasteiger partial charge in [-0.05, 0) is 44.2 Å². The number of hydrogen-bond acceptors (Lipinski definition) is 7. The fraction of sp³-hybridized carbons (Fsp3) is 0.500. The SMILES string of the molecule is NC(=NCCC[C@H](NC(=O)[C@@H]1CCCN1C(=O)[C@@H]1CCC(=O)N1)C(=O)O)Nc1ccc([N+](=O)[O-])cc1. The minimum Gasteiger partial charge on any atom is -0.480 e. The maximum atomic E-state index is 12.8. The van der Waals surface area contributed by atoms with Crippen LogP contribution in [-0.4, -0.2) is 75.8 Å². The lowest BCUT2D eigenvalue weighted by molar-refractivity contribution is -0.384. The van der Waals surface area contributed by atoms with Gasteiger partial charge in [0.15, 0.2) is 5.96 Å². The van der Waals surface area contributed by atoms with Crippen LogP contribution < -0.4 is 21.7 Å². The molecule has 36 heavy (non-hydrogen) atoms. The molecule has 3 amide bonds. The lowest BCUT2D eigenvalue weighted by Gasteiger charge is -2.27. The minimum absolute atomic E-state index is 0.0545. The summed E-state index contributed by atoms with van der Waals surface area (Å²) < 4.78 is 0. The zero-order valence-corrected chi connectivity index (χ0v) is 19.5. The molecule has 14 nitrogen and oxygen atoms in total. The van der Waals surface area contributed by atoms with Crippen LogP contribution in [0.1, 0.15) is 38.5 Å². The molecule has 2 heterocycles. The number of nitro groups is 1. The highest BCUT2D eigenvalue weighted by molar-refractivity contribution is 5.95. The van der Waals surface area contributed by atoms with Crippen molar-refractivity contribution in [3.05, 3.63) is 34.4 Å². The predicted octanol–water partition coefficient (Wildman–Crippen LogP) is -0.0594. The molecule has 2 saturated heterocycles. The number of carboxylic acids is 1. The van der Waals surface area contributed by atoms with Crippen LogP contribution in [0.2, 0.25) is 0 Å². The van der Waals surface area contributed by atoms with Gasteiger partial charge in [0, 0.05) is 37.3 Å². The zero-order valence-electron chi connectivity index (χ0n) is 19.5. The topological polar surface area (TPSA) is 209 Å². The molecule has 3 rings (SSSR count). The highest BCUT2D eigenvalue weighted by atomic mass is 16.6. The maximum Gasteiger partial charge on any atom is 0.326 e. The van der Waals surface area contributed by atoms with Gasteiger partial charge in [0.05, 0.1) is 4.92 Å². The average Bonchev–Trinajstić information content (AvgIpc) is 3.50. The highest BCUT2D eigenvalue weighted by Gasteiger charge is 2.40. The molecule has 2 aliphatic heterocycles. The fourth-order valence-electron chi connectivity index (χ4n) is 4.18. The van der Waals surface area contributed by atoms with E-state index in [2.05, 4.69) is 20.9 Å². The van der Waals surface area contributed by atoms with Crippen LogP contribution >= 0.6 is 0 Å². The Bertz CT molecular complexity index is 1040. The smallest absolute Gasteiger partial charge is 0.326 e.